The first-order chi connectivity index (χ1) is 10.2. The summed E-state index contributed by atoms with van der Waals surface area (Å²) in [6.45, 7) is 4.09. The Kier molecular flexibility index (Phi) is 3.55. The molecule has 0 fully saturated rings. The molecule has 0 saturated carbocycles. The first kappa shape index (κ1) is 13.5. The van der Waals surface area contributed by atoms with Crippen LogP contribution in [0.1, 0.15) is 16.0 Å². The standard InChI is InChI=1S/C18H14N2S/c1-12-3-5-14(6-4-12)17-8-7-15(9-16(17)10-19)18-20-11-13(2)21-18/h3-9,11H,1-2H3. The average Bonchev–Trinajstić information content (AvgIpc) is 2.94. The smallest absolute Gasteiger partial charge is 0.123 e. The number of aryl methyl sites for hydroxylation is 2. The Morgan fingerprint density at radius 3 is 2.33 bits per heavy atom. The quantitative estimate of drug-likeness (QED) is 0.668. The minimum absolute atomic E-state index is 0.684. The molecule has 3 rings (SSSR count). The number of nitrogens with zero attached hydrogens (tertiary/aromatic N) is 2. The molecule has 0 aliphatic rings. The monoisotopic (exact) mass is 290 g/mol. The fourth-order valence-corrected chi connectivity index (χ4v) is 3.00. The summed E-state index contributed by atoms with van der Waals surface area (Å²) in [4.78, 5) is 5.56. The highest BCUT2D eigenvalue weighted by Crippen LogP contribution is 2.30. The summed E-state index contributed by atoms with van der Waals surface area (Å²) in [6.07, 6.45) is 1.86. The molecule has 0 saturated heterocycles. The molecule has 0 aliphatic heterocycles. The first-order valence-electron chi connectivity index (χ1n) is 6.71. The zero-order valence-electron chi connectivity index (χ0n) is 11.9. The Labute approximate surface area is 128 Å². The van der Waals surface area contributed by atoms with Crippen molar-refractivity contribution in [2.24, 2.45) is 0 Å². The lowest BCUT2D eigenvalue weighted by atomic mass is 9.97. The minimum Gasteiger partial charge on any atom is -0.244 e. The Bertz CT molecular complexity index is 823. The van der Waals surface area contributed by atoms with E-state index in [0.29, 0.717) is 5.56 Å². The van der Waals surface area contributed by atoms with E-state index in [2.05, 4.69) is 42.2 Å². The van der Waals surface area contributed by atoms with E-state index in [1.54, 1.807) is 11.3 Å². The van der Waals surface area contributed by atoms with Crippen molar-refractivity contribution in [2.45, 2.75) is 13.8 Å². The molecule has 0 bridgehead atoms. The van der Waals surface area contributed by atoms with Crippen LogP contribution in [-0.4, -0.2) is 4.98 Å². The summed E-state index contributed by atoms with van der Waals surface area (Å²) >= 11 is 1.64. The third kappa shape index (κ3) is 2.72. The van der Waals surface area contributed by atoms with E-state index < -0.39 is 0 Å². The number of aromatic nitrogens is 1. The van der Waals surface area contributed by atoms with Crippen LogP contribution in [0.3, 0.4) is 0 Å². The molecule has 1 heterocycles. The fourth-order valence-electron chi connectivity index (χ4n) is 2.24. The van der Waals surface area contributed by atoms with Gasteiger partial charge in [-0.1, -0.05) is 42.0 Å². The molecule has 0 N–H and O–H groups in total. The lowest BCUT2D eigenvalue weighted by Gasteiger charge is -2.06. The van der Waals surface area contributed by atoms with Gasteiger partial charge in [0.1, 0.15) is 5.01 Å². The molecule has 1 aromatic heterocycles. The van der Waals surface area contributed by atoms with E-state index in [-0.39, 0.29) is 0 Å². The molecule has 0 amide bonds. The van der Waals surface area contributed by atoms with Crippen molar-refractivity contribution in [3.8, 4) is 27.8 Å². The number of hydrogen-bond donors (Lipinski definition) is 0. The van der Waals surface area contributed by atoms with E-state index in [9.17, 15) is 5.26 Å². The van der Waals surface area contributed by atoms with Crippen LogP contribution in [0.15, 0.2) is 48.7 Å². The third-order valence-corrected chi connectivity index (χ3v) is 4.33. The van der Waals surface area contributed by atoms with Gasteiger partial charge < -0.3 is 0 Å². The molecule has 2 nitrogen and oxygen atoms in total. The molecular formula is C18H14N2S. The zero-order chi connectivity index (χ0) is 14.8. The van der Waals surface area contributed by atoms with Crippen LogP contribution in [0.5, 0.6) is 0 Å². The van der Waals surface area contributed by atoms with Crippen molar-refractivity contribution < 1.29 is 0 Å². The van der Waals surface area contributed by atoms with Crippen molar-refractivity contribution in [3.63, 3.8) is 0 Å². The molecule has 2 aromatic carbocycles. The van der Waals surface area contributed by atoms with Crippen LogP contribution in [0, 0.1) is 25.2 Å². The largest absolute Gasteiger partial charge is 0.244 e. The van der Waals surface area contributed by atoms with E-state index in [1.807, 2.05) is 31.3 Å². The zero-order valence-corrected chi connectivity index (χ0v) is 12.7. The van der Waals surface area contributed by atoms with Gasteiger partial charge in [-0.25, -0.2) is 4.98 Å². The highest BCUT2D eigenvalue weighted by atomic mass is 32.1. The van der Waals surface area contributed by atoms with Gasteiger partial charge in [0.05, 0.1) is 11.6 Å². The lowest BCUT2D eigenvalue weighted by Crippen LogP contribution is -1.86. The molecule has 0 aliphatic carbocycles. The van der Waals surface area contributed by atoms with Crippen molar-refractivity contribution in [2.75, 3.05) is 0 Å². The normalized spacial score (nSPS) is 10.3. The summed E-state index contributed by atoms with van der Waals surface area (Å²) in [5.41, 5.74) is 4.94. The summed E-state index contributed by atoms with van der Waals surface area (Å²) < 4.78 is 0. The molecule has 0 radical (unpaired) electrons. The van der Waals surface area contributed by atoms with Gasteiger partial charge in [-0.2, -0.15) is 5.26 Å². The van der Waals surface area contributed by atoms with Crippen molar-refractivity contribution in [1.82, 2.24) is 4.98 Å². The second-order valence-electron chi connectivity index (χ2n) is 5.01. The Morgan fingerprint density at radius 1 is 1.00 bits per heavy atom. The minimum atomic E-state index is 0.684. The van der Waals surface area contributed by atoms with E-state index in [1.165, 1.54) is 10.4 Å². The number of hydrogen-bond acceptors (Lipinski definition) is 3. The third-order valence-electron chi connectivity index (χ3n) is 3.37. The molecule has 0 unspecified atom stereocenters. The maximum Gasteiger partial charge on any atom is 0.123 e. The van der Waals surface area contributed by atoms with Gasteiger partial charge >= 0.3 is 0 Å². The Morgan fingerprint density at radius 2 is 1.71 bits per heavy atom. The number of rotatable bonds is 2. The molecule has 102 valence electrons. The summed E-state index contributed by atoms with van der Waals surface area (Å²) in [5.74, 6) is 0. The molecule has 3 heteroatoms. The fraction of sp³-hybridized carbons (Fsp3) is 0.111. The van der Waals surface area contributed by atoms with Crippen LogP contribution >= 0.6 is 11.3 Å². The predicted octanol–water partition coefficient (Wildman–Crippen LogP) is 4.97. The summed E-state index contributed by atoms with van der Waals surface area (Å²) in [7, 11) is 0. The van der Waals surface area contributed by atoms with Gasteiger partial charge in [-0.3, -0.25) is 0 Å². The van der Waals surface area contributed by atoms with Gasteiger partial charge in [0.15, 0.2) is 0 Å². The van der Waals surface area contributed by atoms with Crippen molar-refractivity contribution in [1.29, 1.82) is 5.26 Å². The van der Waals surface area contributed by atoms with Gasteiger partial charge in [-0.15, -0.1) is 11.3 Å². The average molecular weight is 290 g/mol. The maximum absolute atomic E-state index is 9.44. The van der Waals surface area contributed by atoms with Crippen LogP contribution in [-0.2, 0) is 0 Å². The molecular weight excluding hydrogens is 276 g/mol. The lowest BCUT2D eigenvalue weighted by molar-refractivity contribution is 1.38. The number of nitriles is 1. The summed E-state index contributed by atoms with van der Waals surface area (Å²) in [5, 5.41) is 10.4. The van der Waals surface area contributed by atoms with Gasteiger partial charge in [0, 0.05) is 16.6 Å². The SMILES string of the molecule is Cc1ccc(-c2ccc(-c3ncc(C)s3)cc2C#N)cc1. The topological polar surface area (TPSA) is 36.7 Å². The highest BCUT2D eigenvalue weighted by Gasteiger charge is 2.09. The second kappa shape index (κ2) is 5.51. The van der Waals surface area contributed by atoms with E-state index >= 15 is 0 Å². The highest BCUT2D eigenvalue weighted by molar-refractivity contribution is 7.14. The van der Waals surface area contributed by atoms with E-state index in [4.69, 9.17) is 0 Å². The molecule has 21 heavy (non-hydrogen) atoms. The molecule has 0 atom stereocenters. The maximum atomic E-state index is 9.44. The summed E-state index contributed by atoms with van der Waals surface area (Å²) in [6, 6.07) is 16.5. The van der Waals surface area contributed by atoms with E-state index in [0.717, 1.165) is 21.7 Å². The van der Waals surface area contributed by atoms with Crippen molar-refractivity contribution in [3.05, 3.63) is 64.7 Å². The number of thiazole rings is 1. The van der Waals surface area contributed by atoms with Crippen molar-refractivity contribution >= 4 is 11.3 Å². The number of benzene rings is 2. The van der Waals surface area contributed by atoms with Gasteiger partial charge in [0.2, 0.25) is 0 Å². The van der Waals surface area contributed by atoms with Crippen LogP contribution in [0.2, 0.25) is 0 Å². The predicted molar refractivity (Wildman–Crippen MR) is 87.2 cm³/mol. The Balaban J connectivity index is 2.08. The van der Waals surface area contributed by atoms with Crippen LogP contribution in [0.4, 0.5) is 0 Å². The second-order valence-corrected chi connectivity index (χ2v) is 6.25. The van der Waals surface area contributed by atoms with Crippen LogP contribution < -0.4 is 0 Å². The molecule has 3 aromatic rings. The molecule has 0 spiro atoms. The van der Waals surface area contributed by atoms with Crippen LogP contribution in [0.25, 0.3) is 21.7 Å². The van der Waals surface area contributed by atoms with Gasteiger partial charge in [-0.05, 0) is 31.0 Å². The van der Waals surface area contributed by atoms with Gasteiger partial charge in [0.25, 0.3) is 0 Å². The Hall–Kier alpha value is -2.44. The first-order valence-corrected chi connectivity index (χ1v) is 7.53.